The van der Waals surface area contributed by atoms with Crippen LogP contribution in [0.5, 0.6) is 0 Å². The van der Waals surface area contributed by atoms with Crippen molar-refractivity contribution in [3.8, 4) is 0 Å². The molecule has 0 saturated carbocycles. The minimum absolute atomic E-state index is 0.0128. The summed E-state index contributed by atoms with van der Waals surface area (Å²) in [5, 5.41) is 3.12. The first-order valence-corrected chi connectivity index (χ1v) is 8.14. The highest BCUT2D eigenvalue weighted by Crippen LogP contribution is 2.20. The highest BCUT2D eigenvalue weighted by molar-refractivity contribution is 5.74. The van der Waals surface area contributed by atoms with Gasteiger partial charge in [0.25, 0.3) is 5.56 Å². The molecule has 2 aliphatic rings. The molecule has 23 heavy (non-hydrogen) atoms. The van der Waals surface area contributed by atoms with Crippen molar-refractivity contribution < 1.29 is 9.53 Å². The fourth-order valence-electron chi connectivity index (χ4n) is 3.31. The first-order chi connectivity index (χ1) is 11.2. The summed E-state index contributed by atoms with van der Waals surface area (Å²) in [6.45, 7) is 6.76. The topological polar surface area (TPSA) is 63.6 Å². The van der Waals surface area contributed by atoms with Gasteiger partial charge in [-0.25, -0.2) is 4.79 Å². The quantitative estimate of drug-likeness (QED) is 0.844. The lowest BCUT2D eigenvalue weighted by molar-refractivity contribution is 0.0523. The second kappa shape index (κ2) is 7.00. The number of hydrogen-bond acceptors (Lipinski definition) is 3. The van der Waals surface area contributed by atoms with Crippen LogP contribution in [0.1, 0.15) is 17.7 Å². The molecule has 1 saturated heterocycles. The van der Waals surface area contributed by atoms with Crippen molar-refractivity contribution in [3.63, 3.8) is 0 Å². The molecule has 1 unspecified atom stereocenters. The SMILES string of the molecule is C=CCn1c2c(ccc1=O)CC(NC(=O)N1CCOCC1)CC2. The van der Waals surface area contributed by atoms with E-state index in [1.54, 1.807) is 21.6 Å². The first kappa shape index (κ1) is 15.8. The van der Waals surface area contributed by atoms with Gasteiger partial charge in [0.2, 0.25) is 0 Å². The number of carbonyl (C=O) groups excluding carboxylic acids is 1. The van der Waals surface area contributed by atoms with E-state index in [-0.39, 0.29) is 17.6 Å². The molecule has 1 aliphatic carbocycles. The van der Waals surface area contributed by atoms with Gasteiger partial charge in [0.15, 0.2) is 0 Å². The predicted molar refractivity (Wildman–Crippen MR) is 87.6 cm³/mol. The Bertz CT molecular complexity index is 647. The Kier molecular flexibility index (Phi) is 4.81. The molecule has 1 fully saturated rings. The van der Waals surface area contributed by atoms with Crippen LogP contribution in [0, 0.1) is 0 Å². The van der Waals surface area contributed by atoms with E-state index in [0.717, 1.165) is 30.5 Å². The standard InChI is InChI=1S/C17H23N3O3/c1-2-7-20-15-5-4-14(12-13(15)3-6-16(20)21)18-17(22)19-8-10-23-11-9-19/h2-3,6,14H,1,4-5,7-12H2,(H,18,22). The van der Waals surface area contributed by atoms with E-state index < -0.39 is 0 Å². The van der Waals surface area contributed by atoms with E-state index in [9.17, 15) is 9.59 Å². The average molecular weight is 317 g/mol. The van der Waals surface area contributed by atoms with Crippen molar-refractivity contribution in [1.82, 2.24) is 14.8 Å². The molecule has 1 atom stereocenters. The Labute approximate surface area is 135 Å². The largest absolute Gasteiger partial charge is 0.378 e. The normalized spacial score (nSPS) is 20.7. The van der Waals surface area contributed by atoms with Gasteiger partial charge in [-0.05, 0) is 24.8 Å². The molecule has 1 N–H and O–H groups in total. The summed E-state index contributed by atoms with van der Waals surface area (Å²) in [5.74, 6) is 0. The van der Waals surface area contributed by atoms with Gasteiger partial charge in [-0.15, -0.1) is 6.58 Å². The van der Waals surface area contributed by atoms with Crippen molar-refractivity contribution in [2.75, 3.05) is 26.3 Å². The summed E-state index contributed by atoms with van der Waals surface area (Å²) >= 11 is 0. The molecule has 1 aliphatic heterocycles. The second-order valence-electron chi connectivity index (χ2n) is 6.03. The molecular formula is C17H23N3O3. The molecule has 124 valence electrons. The van der Waals surface area contributed by atoms with Gasteiger partial charge in [0.05, 0.1) is 13.2 Å². The molecule has 0 spiro atoms. The molecule has 1 aromatic rings. The maximum atomic E-state index is 12.3. The summed E-state index contributed by atoms with van der Waals surface area (Å²) < 4.78 is 7.05. The zero-order chi connectivity index (χ0) is 16.2. The maximum absolute atomic E-state index is 12.3. The number of aromatic nitrogens is 1. The number of ether oxygens (including phenoxy) is 1. The predicted octanol–water partition coefficient (Wildman–Crippen LogP) is 0.933. The molecule has 1 aromatic heterocycles. The maximum Gasteiger partial charge on any atom is 0.317 e. The highest BCUT2D eigenvalue weighted by Gasteiger charge is 2.25. The minimum Gasteiger partial charge on any atom is -0.378 e. The number of carbonyl (C=O) groups is 1. The zero-order valence-corrected chi connectivity index (χ0v) is 13.3. The van der Waals surface area contributed by atoms with Crippen molar-refractivity contribution >= 4 is 6.03 Å². The Hall–Kier alpha value is -2.08. The smallest absolute Gasteiger partial charge is 0.317 e. The molecule has 2 heterocycles. The number of fused-ring (bicyclic) bond motifs is 1. The Morgan fingerprint density at radius 3 is 2.91 bits per heavy atom. The van der Waals surface area contributed by atoms with E-state index in [0.29, 0.717) is 32.8 Å². The fourth-order valence-corrected chi connectivity index (χ4v) is 3.31. The van der Waals surface area contributed by atoms with Crippen molar-refractivity contribution in [2.24, 2.45) is 0 Å². The lowest BCUT2D eigenvalue weighted by Crippen LogP contribution is -2.50. The van der Waals surface area contributed by atoms with Gasteiger partial charge in [-0.2, -0.15) is 0 Å². The van der Waals surface area contributed by atoms with Crippen molar-refractivity contribution in [2.45, 2.75) is 31.8 Å². The van der Waals surface area contributed by atoms with E-state index in [1.807, 2.05) is 6.07 Å². The number of morpholine rings is 1. The third kappa shape index (κ3) is 3.47. The Morgan fingerprint density at radius 2 is 2.17 bits per heavy atom. The van der Waals surface area contributed by atoms with E-state index >= 15 is 0 Å². The van der Waals surface area contributed by atoms with Crippen LogP contribution in [0.4, 0.5) is 4.79 Å². The lowest BCUT2D eigenvalue weighted by Gasteiger charge is -2.31. The summed E-state index contributed by atoms with van der Waals surface area (Å²) in [6, 6.07) is 3.60. The van der Waals surface area contributed by atoms with Gasteiger partial charge in [0, 0.05) is 37.4 Å². The van der Waals surface area contributed by atoms with Gasteiger partial charge >= 0.3 is 6.03 Å². The zero-order valence-electron chi connectivity index (χ0n) is 13.3. The fraction of sp³-hybridized carbons (Fsp3) is 0.529. The average Bonchev–Trinajstić information content (AvgIpc) is 2.58. The van der Waals surface area contributed by atoms with E-state index in [1.165, 1.54) is 0 Å². The number of hydrogen-bond donors (Lipinski definition) is 1. The molecule has 0 radical (unpaired) electrons. The Morgan fingerprint density at radius 1 is 1.39 bits per heavy atom. The summed E-state index contributed by atoms with van der Waals surface area (Å²) in [4.78, 5) is 26.1. The molecule has 6 nitrogen and oxygen atoms in total. The molecule has 2 amide bonds. The third-order valence-electron chi connectivity index (χ3n) is 4.52. The van der Waals surface area contributed by atoms with E-state index in [4.69, 9.17) is 4.74 Å². The Balaban J connectivity index is 1.68. The van der Waals surface area contributed by atoms with Crippen LogP contribution in [-0.4, -0.2) is 47.8 Å². The van der Waals surface area contributed by atoms with E-state index in [2.05, 4.69) is 11.9 Å². The van der Waals surface area contributed by atoms with Crippen molar-refractivity contribution in [3.05, 3.63) is 46.4 Å². The van der Waals surface area contributed by atoms with Crippen LogP contribution in [0.25, 0.3) is 0 Å². The number of amides is 2. The monoisotopic (exact) mass is 317 g/mol. The van der Waals surface area contributed by atoms with Crippen molar-refractivity contribution in [1.29, 1.82) is 0 Å². The first-order valence-electron chi connectivity index (χ1n) is 8.14. The molecular weight excluding hydrogens is 294 g/mol. The summed E-state index contributed by atoms with van der Waals surface area (Å²) in [7, 11) is 0. The summed E-state index contributed by atoms with van der Waals surface area (Å²) in [5.41, 5.74) is 2.23. The minimum atomic E-state index is -0.0128. The number of nitrogens with one attached hydrogen (secondary N) is 1. The van der Waals surface area contributed by atoms with Crippen LogP contribution in [0.2, 0.25) is 0 Å². The van der Waals surface area contributed by atoms with Crippen LogP contribution >= 0.6 is 0 Å². The van der Waals surface area contributed by atoms with Gasteiger partial charge in [-0.3, -0.25) is 4.79 Å². The number of allylic oxidation sites excluding steroid dienone is 1. The van der Waals surface area contributed by atoms with Crippen LogP contribution in [-0.2, 0) is 24.1 Å². The van der Waals surface area contributed by atoms with Gasteiger partial charge < -0.3 is 19.5 Å². The molecule has 3 rings (SSSR count). The van der Waals surface area contributed by atoms with Crippen LogP contribution in [0.15, 0.2) is 29.6 Å². The van der Waals surface area contributed by atoms with Crippen LogP contribution < -0.4 is 10.9 Å². The van der Waals surface area contributed by atoms with Gasteiger partial charge in [-0.1, -0.05) is 12.1 Å². The molecule has 0 aromatic carbocycles. The molecule has 6 heteroatoms. The number of rotatable bonds is 3. The number of urea groups is 1. The molecule has 0 bridgehead atoms. The second-order valence-corrected chi connectivity index (χ2v) is 6.03. The van der Waals surface area contributed by atoms with Gasteiger partial charge in [0.1, 0.15) is 0 Å². The van der Waals surface area contributed by atoms with Crippen LogP contribution in [0.3, 0.4) is 0 Å². The summed E-state index contributed by atoms with van der Waals surface area (Å²) in [6.07, 6.45) is 4.16. The number of pyridine rings is 1. The number of nitrogens with zero attached hydrogens (tertiary/aromatic N) is 2. The lowest BCUT2D eigenvalue weighted by atomic mass is 9.91. The third-order valence-corrected chi connectivity index (χ3v) is 4.52. The highest BCUT2D eigenvalue weighted by atomic mass is 16.5.